The first kappa shape index (κ1) is 20.9. The van der Waals surface area contributed by atoms with E-state index in [2.05, 4.69) is 10.6 Å². The van der Waals surface area contributed by atoms with Gasteiger partial charge in [0.2, 0.25) is 5.91 Å². The topological polar surface area (TPSA) is 111 Å². The predicted molar refractivity (Wildman–Crippen MR) is 106 cm³/mol. The Labute approximate surface area is 163 Å². The van der Waals surface area contributed by atoms with E-state index in [1.54, 1.807) is 13.0 Å². The van der Waals surface area contributed by atoms with Crippen LogP contribution in [-0.2, 0) is 9.59 Å². The minimum absolute atomic E-state index is 0.00973. The van der Waals surface area contributed by atoms with Crippen molar-refractivity contribution < 1.29 is 19.2 Å². The largest absolute Gasteiger partial charge is 0.477 e. The maximum Gasteiger partial charge on any atom is 0.310 e. The number of carbonyl (C=O) groups excluding carboxylic acids is 2. The van der Waals surface area contributed by atoms with Crippen molar-refractivity contribution in [2.24, 2.45) is 0 Å². The van der Waals surface area contributed by atoms with Gasteiger partial charge >= 0.3 is 5.69 Å². The molecule has 0 saturated heterocycles. The van der Waals surface area contributed by atoms with E-state index in [1.165, 1.54) is 12.1 Å². The van der Waals surface area contributed by atoms with E-state index < -0.39 is 17.4 Å². The summed E-state index contributed by atoms with van der Waals surface area (Å²) in [7, 11) is 0. The Hall–Kier alpha value is -3.42. The van der Waals surface area contributed by atoms with Crippen LogP contribution in [0.3, 0.4) is 0 Å². The molecule has 8 heteroatoms. The number of nitro benzene ring substituents is 1. The molecule has 0 saturated carbocycles. The molecular formula is C20H23N3O5. The zero-order valence-electron chi connectivity index (χ0n) is 16.3. The SMILES string of the molecule is Cc1cc(C)c(NC(=O)CNC(=O)COc2cc(C)ccc2[N+](=O)[O-])c(C)c1. The summed E-state index contributed by atoms with van der Waals surface area (Å²) in [4.78, 5) is 34.5. The van der Waals surface area contributed by atoms with E-state index in [0.29, 0.717) is 0 Å². The van der Waals surface area contributed by atoms with Crippen LogP contribution in [0.5, 0.6) is 5.75 Å². The van der Waals surface area contributed by atoms with Crippen LogP contribution in [0.25, 0.3) is 0 Å². The minimum atomic E-state index is -0.577. The molecule has 0 atom stereocenters. The van der Waals surface area contributed by atoms with Gasteiger partial charge in [0.15, 0.2) is 12.4 Å². The number of amides is 2. The highest BCUT2D eigenvalue weighted by Crippen LogP contribution is 2.27. The van der Waals surface area contributed by atoms with E-state index in [0.717, 1.165) is 27.9 Å². The molecule has 2 aromatic rings. The lowest BCUT2D eigenvalue weighted by Gasteiger charge is -2.13. The van der Waals surface area contributed by atoms with E-state index >= 15 is 0 Å². The van der Waals surface area contributed by atoms with Gasteiger partial charge in [-0.1, -0.05) is 23.8 Å². The number of nitrogens with zero attached hydrogens (tertiary/aromatic N) is 1. The number of aryl methyl sites for hydroxylation is 4. The first-order valence-electron chi connectivity index (χ1n) is 8.69. The monoisotopic (exact) mass is 385 g/mol. The van der Waals surface area contributed by atoms with Gasteiger partial charge < -0.3 is 15.4 Å². The summed E-state index contributed by atoms with van der Waals surface area (Å²) < 4.78 is 5.26. The number of ether oxygens (including phenoxy) is 1. The number of nitro groups is 1. The van der Waals surface area contributed by atoms with Crippen molar-refractivity contribution in [3.63, 3.8) is 0 Å². The maximum absolute atomic E-state index is 12.1. The first-order chi connectivity index (χ1) is 13.2. The first-order valence-corrected chi connectivity index (χ1v) is 8.69. The second-order valence-electron chi connectivity index (χ2n) is 6.62. The van der Waals surface area contributed by atoms with E-state index in [4.69, 9.17) is 4.74 Å². The Morgan fingerprint density at radius 2 is 1.64 bits per heavy atom. The molecule has 0 radical (unpaired) electrons. The number of nitrogens with one attached hydrogen (secondary N) is 2. The van der Waals surface area contributed by atoms with Crippen molar-refractivity contribution >= 4 is 23.2 Å². The Bertz CT molecular complexity index is 901. The maximum atomic E-state index is 12.1. The zero-order chi connectivity index (χ0) is 20.8. The average Bonchev–Trinajstić information content (AvgIpc) is 2.61. The van der Waals surface area contributed by atoms with Crippen LogP contribution in [0.4, 0.5) is 11.4 Å². The summed E-state index contributed by atoms with van der Waals surface area (Å²) in [5, 5.41) is 16.2. The van der Waals surface area contributed by atoms with Crippen molar-refractivity contribution in [2.45, 2.75) is 27.7 Å². The van der Waals surface area contributed by atoms with Crippen LogP contribution >= 0.6 is 0 Å². The zero-order valence-corrected chi connectivity index (χ0v) is 16.3. The van der Waals surface area contributed by atoms with Crippen LogP contribution in [-0.4, -0.2) is 29.9 Å². The molecule has 8 nitrogen and oxygen atoms in total. The Morgan fingerprint density at radius 1 is 1.00 bits per heavy atom. The molecule has 2 N–H and O–H groups in total. The number of carbonyl (C=O) groups is 2. The fourth-order valence-corrected chi connectivity index (χ4v) is 2.82. The van der Waals surface area contributed by atoms with Crippen molar-refractivity contribution in [1.29, 1.82) is 0 Å². The van der Waals surface area contributed by atoms with Crippen LogP contribution < -0.4 is 15.4 Å². The molecule has 2 amide bonds. The van der Waals surface area contributed by atoms with Gasteiger partial charge in [0.1, 0.15) is 0 Å². The normalized spacial score (nSPS) is 10.3. The minimum Gasteiger partial charge on any atom is -0.477 e. The summed E-state index contributed by atoms with van der Waals surface area (Å²) in [6.45, 7) is 6.87. The van der Waals surface area contributed by atoms with E-state index in [1.807, 2.05) is 32.9 Å². The Kier molecular flexibility index (Phi) is 6.70. The van der Waals surface area contributed by atoms with Gasteiger partial charge in [0.05, 0.1) is 11.5 Å². The molecule has 0 spiro atoms. The van der Waals surface area contributed by atoms with Crippen LogP contribution in [0.15, 0.2) is 30.3 Å². The summed E-state index contributed by atoms with van der Waals surface area (Å²) in [5.41, 5.74) is 4.24. The highest BCUT2D eigenvalue weighted by Gasteiger charge is 2.16. The fourth-order valence-electron chi connectivity index (χ4n) is 2.82. The van der Waals surface area contributed by atoms with Gasteiger partial charge in [-0.15, -0.1) is 0 Å². The second kappa shape index (κ2) is 8.98. The van der Waals surface area contributed by atoms with Gasteiger partial charge in [-0.05, 0) is 50.5 Å². The van der Waals surface area contributed by atoms with Crippen molar-refractivity contribution in [2.75, 3.05) is 18.5 Å². The van der Waals surface area contributed by atoms with Crippen LogP contribution in [0, 0.1) is 37.8 Å². The lowest BCUT2D eigenvalue weighted by molar-refractivity contribution is -0.385. The fraction of sp³-hybridized carbons (Fsp3) is 0.300. The van der Waals surface area contributed by atoms with Crippen molar-refractivity contribution in [1.82, 2.24) is 5.32 Å². The van der Waals surface area contributed by atoms with Gasteiger partial charge in [0.25, 0.3) is 5.91 Å². The highest BCUT2D eigenvalue weighted by atomic mass is 16.6. The molecule has 0 unspecified atom stereocenters. The quantitative estimate of drug-likeness (QED) is 0.562. The lowest BCUT2D eigenvalue weighted by Crippen LogP contribution is -2.36. The molecule has 0 aliphatic heterocycles. The van der Waals surface area contributed by atoms with Gasteiger partial charge in [-0.25, -0.2) is 0 Å². The second-order valence-corrected chi connectivity index (χ2v) is 6.62. The molecule has 2 aromatic carbocycles. The van der Waals surface area contributed by atoms with Gasteiger partial charge in [0, 0.05) is 11.8 Å². The summed E-state index contributed by atoms with van der Waals surface area (Å²) in [5.74, 6) is -0.913. The number of hydrogen-bond acceptors (Lipinski definition) is 5. The van der Waals surface area contributed by atoms with Gasteiger partial charge in [-0.3, -0.25) is 19.7 Å². The third-order valence-electron chi connectivity index (χ3n) is 4.06. The highest BCUT2D eigenvalue weighted by molar-refractivity contribution is 5.96. The Balaban J connectivity index is 1.89. The van der Waals surface area contributed by atoms with E-state index in [9.17, 15) is 19.7 Å². The number of hydrogen-bond donors (Lipinski definition) is 2. The molecule has 0 bridgehead atoms. The number of benzene rings is 2. The van der Waals surface area contributed by atoms with Crippen LogP contribution in [0.1, 0.15) is 22.3 Å². The predicted octanol–water partition coefficient (Wildman–Crippen LogP) is 2.96. The summed E-state index contributed by atoms with van der Waals surface area (Å²) >= 11 is 0. The van der Waals surface area contributed by atoms with Crippen LogP contribution in [0.2, 0.25) is 0 Å². The smallest absolute Gasteiger partial charge is 0.310 e. The van der Waals surface area contributed by atoms with Crippen molar-refractivity contribution in [3.05, 3.63) is 62.7 Å². The molecule has 28 heavy (non-hydrogen) atoms. The molecule has 0 heterocycles. The molecule has 148 valence electrons. The third-order valence-corrected chi connectivity index (χ3v) is 4.06. The molecule has 0 aromatic heterocycles. The van der Waals surface area contributed by atoms with Gasteiger partial charge in [-0.2, -0.15) is 0 Å². The molecule has 2 rings (SSSR count). The third kappa shape index (κ3) is 5.54. The molecular weight excluding hydrogens is 362 g/mol. The lowest BCUT2D eigenvalue weighted by atomic mass is 10.1. The molecule has 0 aliphatic carbocycles. The number of anilines is 1. The number of rotatable bonds is 7. The van der Waals surface area contributed by atoms with Crippen molar-refractivity contribution in [3.8, 4) is 5.75 Å². The average molecular weight is 385 g/mol. The molecule has 0 aliphatic rings. The standard InChI is InChI=1S/C20H23N3O5/c1-12-5-6-16(23(26)27)17(9-12)28-11-19(25)21-10-18(24)22-20-14(3)7-13(2)8-15(20)4/h5-9H,10-11H2,1-4H3,(H,21,25)(H,22,24). The van der Waals surface area contributed by atoms with E-state index in [-0.39, 0.29) is 23.9 Å². The summed E-state index contributed by atoms with van der Waals surface area (Å²) in [6.07, 6.45) is 0. The molecule has 0 fully saturated rings. The Morgan fingerprint density at radius 3 is 2.25 bits per heavy atom. The summed E-state index contributed by atoms with van der Waals surface area (Å²) in [6, 6.07) is 8.32.